The average Bonchev–Trinajstić information content (AvgIpc) is 3.18. The van der Waals surface area contributed by atoms with Gasteiger partial charge >= 0.3 is 0 Å². The van der Waals surface area contributed by atoms with Crippen molar-refractivity contribution in [1.29, 1.82) is 0 Å². The molecule has 1 fully saturated rings. The van der Waals surface area contributed by atoms with Gasteiger partial charge in [0.05, 0.1) is 5.41 Å². The largest absolute Gasteiger partial charge is 0.384 e. The van der Waals surface area contributed by atoms with Gasteiger partial charge in [0.1, 0.15) is 5.84 Å². The normalized spacial score (nSPS) is 16.3. The lowest BCUT2D eigenvalue weighted by Crippen LogP contribution is -2.21. The zero-order valence-corrected chi connectivity index (χ0v) is 13.4. The lowest BCUT2D eigenvalue weighted by Gasteiger charge is -2.08. The third-order valence-corrected chi connectivity index (χ3v) is 4.88. The Labute approximate surface area is 141 Å². The van der Waals surface area contributed by atoms with Crippen molar-refractivity contribution in [3.05, 3.63) is 64.5 Å². The number of amidine groups is 1. The van der Waals surface area contributed by atoms with Crippen molar-refractivity contribution in [3.63, 3.8) is 0 Å². The summed E-state index contributed by atoms with van der Waals surface area (Å²) in [7, 11) is 0. The van der Waals surface area contributed by atoms with E-state index in [4.69, 9.17) is 5.73 Å². The summed E-state index contributed by atoms with van der Waals surface area (Å²) in [6.45, 7) is 0. The number of nitrogens with zero attached hydrogens (tertiary/aromatic N) is 1. The standard InChI is InChI=1S/C17H15F2N3OS/c18-12-4-3-11(10-13(12)19)21-8-5-15(20)22-16(23)17(6-7-17)14-2-1-9-24-14/h1-5,8-10,21H,6-7H2,(H2,20,22,23)/b8-5-. The smallest absolute Gasteiger partial charge is 0.259 e. The Morgan fingerprint density at radius 1 is 1.29 bits per heavy atom. The Bertz CT molecular complexity index is 811. The lowest BCUT2D eigenvalue weighted by atomic mass is 10.0. The molecule has 0 atom stereocenters. The second-order valence-corrected chi connectivity index (χ2v) is 6.46. The molecule has 0 saturated heterocycles. The lowest BCUT2D eigenvalue weighted by molar-refractivity contribution is -0.120. The third-order valence-electron chi connectivity index (χ3n) is 3.81. The minimum Gasteiger partial charge on any atom is -0.384 e. The number of anilines is 1. The van der Waals surface area contributed by atoms with E-state index in [-0.39, 0.29) is 11.7 Å². The molecule has 2 aromatic rings. The van der Waals surface area contributed by atoms with E-state index in [1.807, 2.05) is 17.5 Å². The van der Waals surface area contributed by atoms with Crippen molar-refractivity contribution in [3.8, 4) is 0 Å². The third kappa shape index (κ3) is 3.35. The Morgan fingerprint density at radius 2 is 2.08 bits per heavy atom. The Morgan fingerprint density at radius 3 is 2.71 bits per heavy atom. The van der Waals surface area contributed by atoms with Crippen LogP contribution in [-0.2, 0) is 10.2 Å². The van der Waals surface area contributed by atoms with Crippen molar-refractivity contribution < 1.29 is 13.6 Å². The molecular formula is C17H15F2N3OS. The molecule has 124 valence electrons. The van der Waals surface area contributed by atoms with E-state index in [0.29, 0.717) is 5.69 Å². The van der Waals surface area contributed by atoms with Crippen LogP contribution >= 0.6 is 11.3 Å². The van der Waals surface area contributed by atoms with Crippen molar-refractivity contribution in [2.75, 3.05) is 5.32 Å². The number of hydrogen-bond donors (Lipinski definition) is 2. The Balaban J connectivity index is 1.64. The van der Waals surface area contributed by atoms with Gasteiger partial charge in [-0.15, -0.1) is 11.3 Å². The molecule has 0 spiro atoms. The average molecular weight is 347 g/mol. The van der Waals surface area contributed by atoms with E-state index in [1.165, 1.54) is 29.7 Å². The van der Waals surface area contributed by atoms with E-state index in [1.54, 1.807) is 0 Å². The van der Waals surface area contributed by atoms with E-state index < -0.39 is 17.0 Å². The molecule has 1 amide bonds. The molecule has 1 saturated carbocycles. The Kier molecular flexibility index (Phi) is 4.44. The highest BCUT2D eigenvalue weighted by Crippen LogP contribution is 2.50. The number of hydrogen-bond acceptors (Lipinski definition) is 3. The SMILES string of the molecule is NC(/C=C\Nc1ccc(F)c(F)c1)=NC(=O)C1(c2cccs2)CC1. The number of nitrogens with one attached hydrogen (secondary N) is 1. The molecule has 1 aliphatic carbocycles. The van der Waals surface area contributed by atoms with Crippen molar-refractivity contribution in [2.45, 2.75) is 18.3 Å². The minimum absolute atomic E-state index is 0.0536. The summed E-state index contributed by atoms with van der Waals surface area (Å²) in [5.74, 6) is -2.06. The number of benzene rings is 1. The summed E-state index contributed by atoms with van der Waals surface area (Å²) in [5.41, 5.74) is 5.59. The summed E-state index contributed by atoms with van der Waals surface area (Å²) in [6.07, 6.45) is 4.38. The van der Waals surface area contributed by atoms with E-state index in [2.05, 4.69) is 10.3 Å². The number of carbonyl (C=O) groups is 1. The number of nitrogens with two attached hydrogens (primary N) is 1. The van der Waals surface area contributed by atoms with Crippen LogP contribution in [0.15, 0.2) is 53.0 Å². The summed E-state index contributed by atoms with van der Waals surface area (Å²) < 4.78 is 25.9. The molecule has 0 aliphatic heterocycles. The highest BCUT2D eigenvalue weighted by Gasteiger charge is 2.52. The molecule has 1 aromatic carbocycles. The molecule has 24 heavy (non-hydrogen) atoms. The number of halogens is 2. The van der Waals surface area contributed by atoms with Crippen LogP contribution in [0.2, 0.25) is 0 Å². The molecule has 0 bridgehead atoms. The second kappa shape index (κ2) is 6.52. The predicted molar refractivity (Wildman–Crippen MR) is 91.0 cm³/mol. The number of carbonyl (C=O) groups excluding carboxylic acids is 1. The zero-order valence-electron chi connectivity index (χ0n) is 12.6. The summed E-state index contributed by atoms with van der Waals surface area (Å²) in [4.78, 5) is 17.3. The first-order valence-electron chi connectivity index (χ1n) is 7.32. The number of amides is 1. The Hall–Kier alpha value is -2.54. The van der Waals surface area contributed by atoms with Crippen molar-refractivity contribution >= 4 is 28.8 Å². The van der Waals surface area contributed by atoms with Crippen LogP contribution in [-0.4, -0.2) is 11.7 Å². The number of thiophene rings is 1. The summed E-state index contributed by atoms with van der Waals surface area (Å²) in [6, 6.07) is 7.27. The van der Waals surface area contributed by atoms with Crippen LogP contribution < -0.4 is 11.1 Å². The van der Waals surface area contributed by atoms with Crippen molar-refractivity contribution in [1.82, 2.24) is 0 Å². The first-order chi connectivity index (χ1) is 11.5. The fraction of sp³-hybridized carbons (Fsp3) is 0.176. The van der Waals surface area contributed by atoms with Gasteiger partial charge in [-0.1, -0.05) is 6.07 Å². The van der Waals surface area contributed by atoms with E-state index in [0.717, 1.165) is 29.9 Å². The van der Waals surface area contributed by atoms with E-state index in [9.17, 15) is 13.6 Å². The summed E-state index contributed by atoms with van der Waals surface area (Å²) in [5, 5.41) is 4.67. The quantitative estimate of drug-likeness (QED) is 0.642. The first kappa shape index (κ1) is 16.3. The fourth-order valence-electron chi connectivity index (χ4n) is 2.31. The molecule has 3 rings (SSSR count). The monoisotopic (exact) mass is 347 g/mol. The minimum atomic E-state index is -0.947. The van der Waals surface area contributed by atoms with Gasteiger partial charge in [0.15, 0.2) is 11.6 Å². The van der Waals surface area contributed by atoms with Crippen LogP contribution in [0, 0.1) is 11.6 Å². The van der Waals surface area contributed by atoms with E-state index >= 15 is 0 Å². The topological polar surface area (TPSA) is 67.5 Å². The molecule has 1 aliphatic rings. The zero-order chi connectivity index (χ0) is 17.2. The summed E-state index contributed by atoms with van der Waals surface area (Å²) >= 11 is 1.54. The molecule has 0 unspecified atom stereocenters. The molecule has 3 N–H and O–H groups in total. The highest BCUT2D eigenvalue weighted by atomic mass is 32.1. The molecule has 1 heterocycles. The first-order valence-corrected chi connectivity index (χ1v) is 8.20. The van der Waals surface area contributed by atoms with Gasteiger partial charge in [0, 0.05) is 22.8 Å². The molecular weight excluding hydrogens is 332 g/mol. The van der Waals surface area contributed by atoms with Crippen LogP contribution in [0.1, 0.15) is 17.7 Å². The maximum atomic E-state index is 13.1. The van der Waals surface area contributed by atoms with Crippen LogP contribution in [0.4, 0.5) is 14.5 Å². The van der Waals surface area contributed by atoms with Gasteiger partial charge < -0.3 is 11.1 Å². The van der Waals surface area contributed by atoms with Crippen molar-refractivity contribution in [2.24, 2.45) is 10.7 Å². The van der Waals surface area contributed by atoms with Gasteiger partial charge in [-0.2, -0.15) is 4.99 Å². The predicted octanol–water partition coefficient (Wildman–Crippen LogP) is 3.57. The maximum absolute atomic E-state index is 13.1. The molecule has 0 radical (unpaired) electrons. The highest BCUT2D eigenvalue weighted by molar-refractivity contribution is 7.10. The van der Waals surface area contributed by atoms with Crippen LogP contribution in [0.25, 0.3) is 0 Å². The van der Waals surface area contributed by atoms with Gasteiger partial charge in [-0.25, -0.2) is 8.78 Å². The molecule has 1 aromatic heterocycles. The molecule has 4 nitrogen and oxygen atoms in total. The van der Waals surface area contributed by atoms with Gasteiger partial charge in [0.25, 0.3) is 5.91 Å². The van der Waals surface area contributed by atoms with Crippen LogP contribution in [0.5, 0.6) is 0 Å². The fourth-order valence-corrected chi connectivity index (χ4v) is 3.29. The van der Waals surface area contributed by atoms with Gasteiger partial charge in [-0.3, -0.25) is 4.79 Å². The second-order valence-electron chi connectivity index (χ2n) is 5.51. The van der Waals surface area contributed by atoms with Gasteiger partial charge in [0.2, 0.25) is 0 Å². The molecule has 7 heteroatoms. The number of rotatable bonds is 5. The van der Waals surface area contributed by atoms with Gasteiger partial charge in [-0.05, 0) is 42.5 Å². The maximum Gasteiger partial charge on any atom is 0.259 e. The van der Waals surface area contributed by atoms with Crippen LogP contribution in [0.3, 0.4) is 0 Å². The number of aliphatic imine (C=N–C) groups is 1.